The number of amides is 1. The molecule has 1 saturated heterocycles. The molecule has 1 heterocycles. The van der Waals surface area contributed by atoms with Crippen LogP contribution in [0.15, 0.2) is 18.2 Å². The van der Waals surface area contributed by atoms with E-state index in [1.807, 2.05) is 18.2 Å². The summed E-state index contributed by atoms with van der Waals surface area (Å²) in [5.74, 6) is -0.272. The van der Waals surface area contributed by atoms with Gasteiger partial charge in [0.1, 0.15) is 6.04 Å². The summed E-state index contributed by atoms with van der Waals surface area (Å²) < 4.78 is 5.02. The van der Waals surface area contributed by atoms with Gasteiger partial charge in [-0.3, -0.25) is 4.79 Å². The van der Waals surface area contributed by atoms with Gasteiger partial charge in [-0.05, 0) is 30.5 Å². The standard InChI is InChI=1S/C15H22ClN3O2/c1-21-8-6-18-10-11-4-5-12(16)9-14(11)19-7-2-3-13(19)15(17)20/h4-5,9,13,18H,2-3,6-8,10H2,1H3,(H2,17,20). The van der Waals surface area contributed by atoms with Gasteiger partial charge in [-0.15, -0.1) is 0 Å². The zero-order valence-electron chi connectivity index (χ0n) is 12.3. The molecule has 3 N–H and O–H groups in total. The lowest BCUT2D eigenvalue weighted by atomic mass is 10.1. The molecule has 1 aliphatic rings. The highest BCUT2D eigenvalue weighted by atomic mass is 35.5. The van der Waals surface area contributed by atoms with Crippen molar-refractivity contribution in [2.24, 2.45) is 5.73 Å². The van der Waals surface area contributed by atoms with Gasteiger partial charge in [0.05, 0.1) is 6.61 Å². The van der Waals surface area contributed by atoms with E-state index in [1.165, 1.54) is 0 Å². The van der Waals surface area contributed by atoms with Crippen LogP contribution in [0.4, 0.5) is 5.69 Å². The van der Waals surface area contributed by atoms with Gasteiger partial charge in [0.2, 0.25) is 5.91 Å². The Balaban J connectivity index is 2.16. The molecule has 1 unspecified atom stereocenters. The number of hydrogen-bond donors (Lipinski definition) is 2. The first-order chi connectivity index (χ1) is 10.1. The van der Waals surface area contributed by atoms with Crippen molar-refractivity contribution < 1.29 is 9.53 Å². The quantitative estimate of drug-likeness (QED) is 0.749. The molecule has 0 radical (unpaired) electrons. The van der Waals surface area contributed by atoms with Crippen LogP contribution < -0.4 is 16.0 Å². The van der Waals surface area contributed by atoms with Crippen LogP contribution in [0, 0.1) is 0 Å². The molecule has 0 bridgehead atoms. The zero-order chi connectivity index (χ0) is 15.2. The SMILES string of the molecule is COCCNCc1ccc(Cl)cc1N1CCCC1C(N)=O. The summed E-state index contributed by atoms with van der Waals surface area (Å²) in [6, 6.07) is 5.54. The number of nitrogens with two attached hydrogens (primary N) is 1. The Labute approximate surface area is 130 Å². The number of halogens is 1. The first-order valence-electron chi connectivity index (χ1n) is 7.17. The molecular weight excluding hydrogens is 290 g/mol. The van der Waals surface area contributed by atoms with Crippen LogP contribution in [0.1, 0.15) is 18.4 Å². The largest absolute Gasteiger partial charge is 0.383 e. The maximum absolute atomic E-state index is 11.6. The van der Waals surface area contributed by atoms with Crippen molar-refractivity contribution >= 4 is 23.2 Å². The molecule has 0 spiro atoms. The van der Waals surface area contributed by atoms with E-state index in [4.69, 9.17) is 22.1 Å². The van der Waals surface area contributed by atoms with Crippen molar-refractivity contribution in [2.75, 3.05) is 31.7 Å². The number of nitrogens with one attached hydrogen (secondary N) is 1. The second-order valence-electron chi connectivity index (χ2n) is 5.20. The Kier molecular flexibility index (Phi) is 5.85. The fourth-order valence-corrected chi connectivity index (χ4v) is 2.87. The Morgan fingerprint density at radius 2 is 2.38 bits per heavy atom. The molecule has 1 fully saturated rings. The van der Waals surface area contributed by atoms with Gasteiger partial charge >= 0.3 is 0 Å². The second-order valence-corrected chi connectivity index (χ2v) is 5.63. The Hall–Kier alpha value is -1.30. The van der Waals surface area contributed by atoms with Gasteiger partial charge < -0.3 is 20.7 Å². The zero-order valence-corrected chi connectivity index (χ0v) is 13.0. The summed E-state index contributed by atoms with van der Waals surface area (Å²) in [6.45, 7) is 2.98. The minimum absolute atomic E-state index is 0.235. The van der Waals surface area contributed by atoms with Crippen molar-refractivity contribution in [2.45, 2.75) is 25.4 Å². The van der Waals surface area contributed by atoms with Crippen molar-refractivity contribution in [3.63, 3.8) is 0 Å². The number of nitrogens with zero attached hydrogens (tertiary/aromatic N) is 1. The summed E-state index contributed by atoms with van der Waals surface area (Å²) in [7, 11) is 1.68. The van der Waals surface area contributed by atoms with Crippen LogP contribution in [-0.2, 0) is 16.1 Å². The van der Waals surface area contributed by atoms with Crippen LogP contribution in [0.3, 0.4) is 0 Å². The van der Waals surface area contributed by atoms with E-state index in [9.17, 15) is 4.79 Å². The van der Waals surface area contributed by atoms with E-state index in [-0.39, 0.29) is 11.9 Å². The lowest BCUT2D eigenvalue weighted by Crippen LogP contribution is -2.41. The Morgan fingerprint density at radius 1 is 1.57 bits per heavy atom. The fraction of sp³-hybridized carbons (Fsp3) is 0.533. The molecule has 0 saturated carbocycles. The van der Waals surface area contributed by atoms with Crippen LogP contribution in [0.5, 0.6) is 0 Å². The van der Waals surface area contributed by atoms with Crippen molar-refractivity contribution in [1.29, 1.82) is 0 Å². The minimum atomic E-state index is -0.272. The second kappa shape index (κ2) is 7.64. The molecule has 6 heteroatoms. The van der Waals surface area contributed by atoms with E-state index in [1.54, 1.807) is 7.11 Å². The lowest BCUT2D eigenvalue weighted by Gasteiger charge is -2.27. The highest BCUT2D eigenvalue weighted by molar-refractivity contribution is 6.30. The number of carbonyl (C=O) groups excluding carboxylic acids is 1. The first-order valence-corrected chi connectivity index (χ1v) is 7.55. The highest BCUT2D eigenvalue weighted by Gasteiger charge is 2.30. The molecule has 0 aromatic heterocycles. The van der Waals surface area contributed by atoms with Crippen LogP contribution in [-0.4, -0.2) is 38.8 Å². The number of hydrogen-bond acceptors (Lipinski definition) is 4. The number of methoxy groups -OCH3 is 1. The van der Waals surface area contributed by atoms with Gasteiger partial charge in [0.25, 0.3) is 0 Å². The third-order valence-corrected chi connectivity index (χ3v) is 3.97. The summed E-state index contributed by atoms with van der Waals surface area (Å²) in [6.07, 6.45) is 1.77. The number of primary amides is 1. The highest BCUT2D eigenvalue weighted by Crippen LogP contribution is 2.31. The maximum Gasteiger partial charge on any atom is 0.240 e. The number of anilines is 1. The average molecular weight is 312 g/mol. The van der Waals surface area contributed by atoms with E-state index in [2.05, 4.69) is 10.2 Å². The molecule has 5 nitrogen and oxygen atoms in total. The van der Waals surface area contributed by atoms with Crippen molar-refractivity contribution in [3.8, 4) is 0 Å². The maximum atomic E-state index is 11.6. The van der Waals surface area contributed by atoms with Gasteiger partial charge in [0, 0.05) is 37.5 Å². The molecule has 116 valence electrons. The number of carbonyl (C=O) groups is 1. The predicted molar refractivity (Wildman–Crippen MR) is 84.6 cm³/mol. The molecule has 2 rings (SSSR count). The van der Waals surface area contributed by atoms with Gasteiger partial charge in [-0.1, -0.05) is 17.7 Å². The molecule has 1 aromatic carbocycles. The molecular formula is C15H22ClN3O2. The Morgan fingerprint density at radius 3 is 3.10 bits per heavy atom. The predicted octanol–water partition coefficient (Wildman–Crippen LogP) is 1.53. The normalized spacial score (nSPS) is 18.2. The molecule has 0 aliphatic carbocycles. The molecule has 1 atom stereocenters. The van der Waals surface area contributed by atoms with Crippen LogP contribution in [0.25, 0.3) is 0 Å². The summed E-state index contributed by atoms with van der Waals surface area (Å²) in [4.78, 5) is 13.7. The number of rotatable bonds is 7. The van der Waals surface area contributed by atoms with Gasteiger partial charge in [-0.2, -0.15) is 0 Å². The monoisotopic (exact) mass is 311 g/mol. The van der Waals surface area contributed by atoms with Gasteiger partial charge in [-0.25, -0.2) is 0 Å². The fourth-order valence-electron chi connectivity index (χ4n) is 2.70. The van der Waals surface area contributed by atoms with Crippen molar-refractivity contribution in [3.05, 3.63) is 28.8 Å². The molecule has 21 heavy (non-hydrogen) atoms. The summed E-state index contributed by atoms with van der Waals surface area (Å²) in [5.41, 5.74) is 7.62. The molecule has 1 aliphatic heterocycles. The number of ether oxygens (including phenoxy) is 1. The molecule has 1 amide bonds. The first kappa shape index (κ1) is 16.1. The van der Waals surface area contributed by atoms with Gasteiger partial charge in [0.15, 0.2) is 0 Å². The smallest absolute Gasteiger partial charge is 0.240 e. The van der Waals surface area contributed by atoms with E-state index < -0.39 is 0 Å². The average Bonchev–Trinajstić information content (AvgIpc) is 2.94. The third-order valence-electron chi connectivity index (χ3n) is 3.74. The summed E-state index contributed by atoms with van der Waals surface area (Å²) >= 11 is 6.12. The topological polar surface area (TPSA) is 67.6 Å². The van der Waals surface area contributed by atoms with Crippen LogP contribution >= 0.6 is 11.6 Å². The van der Waals surface area contributed by atoms with E-state index in [0.29, 0.717) is 18.2 Å². The molecule has 1 aromatic rings. The minimum Gasteiger partial charge on any atom is -0.383 e. The van der Waals surface area contributed by atoms with E-state index >= 15 is 0 Å². The number of benzene rings is 1. The van der Waals surface area contributed by atoms with E-state index in [0.717, 1.165) is 37.2 Å². The van der Waals surface area contributed by atoms with Crippen molar-refractivity contribution in [1.82, 2.24) is 5.32 Å². The van der Waals surface area contributed by atoms with Crippen LogP contribution in [0.2, 0.25) is 5.02 Å². The third kappa shape index (κ3) is 4.09. The summed E-state index contributed by atoms with van der Waals surface area (Å²) in [5, 5.41) is 3.99. The Bertz CT molecular complexity index is 496. The lowest BCUT2D eigenvalue weighted by molar-refractivity contribution is -0.119.